The van der Waals surface area contributed by atoms with Crippen molar-refractivity contribution < 1.29 is 18.9 Å². The van der Waals surface area contributed by atoms with Gasteiger partial charge in [0.15, 0.2) is 0 Å². The van der Waals surface area contributed by atoms with Crippen LogP contribution in [0.4, 0.5) is 0 Å². The molecule has 0 N–H and O–H groups in total. The number of rotatable bonds is 14. The van der Waals surface area contributed by atoms with Crippen molar-refractivity contribution in [3.05, 3.63) is 188 Å². The van der Waals surface area contributed by atoms with Crippen LogP contribution in [0.25, 0.3) is 12.2 Å². The van der Waals surface area contributed by atoms with Crippen LogP contribution in [0.5, 0.6) is 34.5 Å². The van der Waals surface area contributed by atoms with Crippen molar-refractivity contribution >= 4 is 12.2 Å². The second kappa shape index (κ2) is 17.0. The van der Waals surface area contributed by atoms with Gasteiger partial charge in [0.2, 0.25) is 0 Å². The van der Waals surface area contributed by atoms with Crippen molar-refractivity contribution in [1.82, 2.24) is 0 Å². The topological polar surface area (TPSA) is 36.9 Å². The molecule has 0 aliphatic carbocycles. The maximum atomic E-state index is 6.60. The van der Waals surface area contributed by atoms with Crippen molar-refractivity contribution in [2.75, 3.05) is 0 Å². The minimum Gasteiger partial charge on any atom is -0.488 e. The third-order valence-electron chi connectivity index (χ3n) is 10.9. The highest BCUT2D eigenvalue weighted by molar-refractivity contribution is 5.56. The number of hydrogen-bond acceptors (Lipinski definition) is 4. The third kappa shape index (κ3) is 9.18. The molecule has 0 atom stereocenters. The van der Waals surface area contributed by atoms with Gasteiger partial charge in [-0.25, -0.2) is 0 Å². The Morgan fingerprint density at radius 2 is 0.702 bits per heavy atom. The Bertz CT molecular complexity index is 2170. The fourth-order valence-corrected chi connectivity index (χ4v) is 7.55. The van der Waals surface area contributed by atoms with Crippen LogP contribution in [0.3, 0.4) is 0 Å². The average molecular weight is 757 g/mol. The van der Waals surface area contributed by atoms with E-state index >= 15 is 0 Å². The van der Waals surface area contributed by atoms with Crippen LogP contribution >= 0.6 is 0 Å². The van der Waals surface area contributed by atoms with E-state index in [1.807, 2.05) is 12.2 Å². The van der Waals surface area contributed by atoms with Crippen molar-refractivity contribution in [2.45, 2.75) is 87.9 Å². The van der Waals surface area contributed by atoms with E-state index in [1.165, 1.54) is 11.1 Å². The zero-order valence-corrected chi connectivity index (χ0v) is 35.4. The van der Waals surface area contributed by atoms with Crippen LogP contribution in [0.1, 0.15) is 91.7 Å². The van der Waals surface area contributed by atoms with Gasteiger partial charge in [0.25, 0.3) is 0 Å². The van der Waals surface area contributed by atoms with Gasteiger partial charge in [0.05, 0.1) is 0 Å². The van der Waals surface area contributed by atoms with E-state index in [2.05, 4.69) is 179 Å². The number of benzene rings is 6. The van der Waals surface area contributed by atoms with Crippen LogP contribution in [0.2, 0.25) is 0 Å². The van der Waals surface area contributed by atoms with E-state index in [-0.39, 0.29) is 5.41 Å². The van der Waals surface area contributed by atoms with E-state index in [0.717, 1.165) is 101 Å². The van der Waals surface area contributed by atoms with Gasteiger partial charge in [-0.2, -0.15) is 0 Å². The predicted molar refractivity (Wildman–Crippen MR) is 238 cm³/mol. The fourth-order valence-electron chi connectivity index (χ4n) is 7.55. The first kappa shape index (κ1) is 40.7. The monoisotopic (exact) mass is 756 g/mol. The van der Waals surface area contributed by atoms with Crippen LogP contribution in [0, 0.1) is 55.4 Å². The summed E-state index contributed by atoms with van der Waals surface area (Å²) in [7, 11) is 0. The van der Waals surface area contributed by atoms with E-state index in [0.29, 0.717) is 13.2 Å². The number of aryl methyl sites for hydroxylation is 8. The molecule has 0 radical (unpaired) electrons. The normalized spacial score (nSPS) is 11.3. The first-order valence-corrected chi connectivity index (χ1v) is 19.7. The Labute approximate surface area is 340 Å². The smallest absolute Gasteiger partial charge is 0.133 e. The van der Waals surface area contributed by atoms with Gasteiger partial charge in [0, 0.05) is 5.41 Å². The molecule has 57 heavy (non-hydrogen) atoms. The molecule has 4 nitrogen and oxygen atoms in total. The lowest BCUT2D eigenvalue weighted by Gasteiger charge is -2.29. The summed E-state index contributed by atoms with van der Waals surface area (Å²) in [4.78, 5) is 0. The van der Waals surface area contributed by atoms with Crippen LogP contribution in [-0.4, -0.2) is 0 Å². The second-order valence-electron chi connectivity index (χ2n) is 15.9. The summed E-state index contributed by atoms with van der Waals surface area (Å²) < 4.78 is 25.7. The van der Waals surface area contributed by atoms with E-state index in [9.17, 15) is 0 Å². The summed E-state index contributed by atoms with van der Waals surface area (Å²) in [5.74, 6) is 5.13. The summed E-state index contributed by atoms with van der Waals surface area (Å²) in [6.45, 7) is 30.1. The lowest BCUT2D eigenvalue weighted by Crippen LogP contribution is -2.20. The summed E-state index contributed by atoms with van der Waals surface area (Å²) in [6, 6.07) is 33.8. The Kier molecular flexibility index (Phi) is 12.1. The van der Waals surface area contributed by atoms with Gasteiger partial charge in [0.1, 0.15) is 47.7 Å². The zero-order chi connectivity index (χ0) is 41.0. The first-order chi connectivity index (χ1) is 27.2. The maximum absolute atomic E-state index is 6.60. The van der Waals surface area contributed by atoms with Crippen LogP contribution in [0.15, 0.2) is 110 Å². The molecule has 0 aromatic heterocycles. The summed E-state index contributed by atoms with van der Waals surface area (Å²) in [6.07, 6.45) is 3.69. The van der Waals surface area contributed by atoms with E-state index in [1.54, 1.807) is 0 Å². The minimum atomic E-state index is -0.265. The molecule has 0 fully saturated rings. The third-order valence-corrected chi connectivity index (χ3v) is 10.9. The average Bonchev–Trinajstić information content (AvgIpc) is 3.17. The molecule has 0 bridgehead atoms. The van der Waals surface area contributed by atoms with Crippen LogP contribution < -0.4 is 18.9 Å². The van der Waals surface area contributed by atoms with Gasteiger partial charge >= 0.3 is 0 Å². The lowest BCUT2D eigenvalue weighted by molar-refractivity contribution is 0.301. The largest absolute Gasteiger partial charge is 0.488 e. The molecular formula is C53H56O4. The molecule has 0 aliphatic heterocycles. The second-order valence-corrected chi connectivity index (χ2v) is 15.9. The molecule has 4 heteroatoms. The van der Waals surface area contributed by atoms with E-state index < -0.39 is 0 Å². The quantitative estimate of drug-likeness (QED) is 0.111. The highest BCUT2D eigenvalue weighted by Gasteiger charge is 2.27. The summed E-state index contributed by atoms with van der Waals surface area (Å²) >= 11 is 0. The summed E-state index contributed by atoms with van der Waals surface area (Å²) in [5.41, 5.74) is 15.1. The summed E-state index contributed by atoms with van der Waals surface area (Å²) in [5, 5.41) is 0. The van der Waals surface area contributed by atoms with Crippen molar-refractivity contribution in [3.63, 3.8) is 0 Å². The van der Waals surface area contributed by atoms with Gasteiger partial charge in [-0.1, -0.05) is 112 Å². The molecule has 0 heterocycles. The minimum absolute atomic E-state index is 0.265. The zero-order valence-electron chi connectivity index (χ0n) is 35.4. The van der Waals surface area contributed by atoms with Crippen molar-refractivity contribution in [2.24, 2.45) is 0 Å². The molecule has 6 aromatic carbocycles. The van der Waals surface area contributed by atoms with Gasteiger partial charge in [-0.3, -0.25) is 0 Å². The van der Waals surface area contributed by atoms with Gasteiger partial charge < -0.3 is 18.9 Å². The van der Waals surface area contributed by atoms with Crippen LogP contribution in [-0.2, 0) is 18.6 Å². The van der Waals surface area contributed by atoms with Gasteiger partial charge in [-0.05, 0) is 158 Å². The molecule has 6 aromatic rings. The molecule has 0 aliphatic rings. The highest BCUT2D eigenvalue weighted by atomic mass is 16.5. The van der Waals surface area contributed by atoms with E-state index in [4.69, 9.17) is 18.9 Å². The molecular weight excluding hydrogens is 701 g/mol. The molecule has 0 amide bonds. The first-order valence-electron chi connectivity index (χ1n) is 19.7. The number of ether oxygens (including phenoxy) is 4. The fraction of sp³-hybridized carbons (Fsp3) is 0.245. The molecule has 0 spiro atoms. The van der Waals surface area contributed by atoms with Crippen molar-refractivity contribution in [3.8, 4) is 34.5 Å². The Balaban J connectivity index is 1.16. The van der Waals surface area contributed by atoms with Crippen molar-refractivity contribution in [1.29, 1.82) is 0 Å². The standard InChI is InChI=1S/C53H56O4/c1-13-41-15-19-43(20-16-41)31-54-49-37(7)27-47(28-38(49)8)56-51-33(3)23-45(24-34(51)4)53(11,12)46-25-35(5)52(36(6)26-46)57-48-29-39(9)50(40(10)30-48)55-32-44-21-17-42(14-2)18-22-44/h13-30H,1-2,31-32H2,3-12H3. The Morgan fingerprint density at radius 1 is 0.421 bits per heavy atom. The SMILES string of the molecule is C=Cc1ccc(COc2c(C)cc(Oc3c(C)cc(C(C)(C)c4cc(C)c(Oc5cc(C)c(OCc6ccc(C=C)cc6)c(C)c5)c(C)c4)cc3C)cc2C)cc1. The lowest BCUT2D eigenvalue weighted by atomic mass is 9.76. The molecule has 0 saturated heterocycles. The highest BCUT2D eigenvalue weighted by Crippen LogP contribution is 2.42. The number of hydrogen-bond donors (Lipinski definition) is 0. The Hall–Kier alpha value is -6.00. The molecule has 6 rings (SSSR count). The molecule has 0 saturated carbocycles. The molecule has 292 valence electrons. The van der Waals surface area contributed by atoms with Gasteiger partial charge in [-0.15, -0.1) is 0 Å². The molecule has 0 unspecified atom stereocenters. The predicted octanol–water partition coefficient (Wildman–Crippen LogP) is 14.5. The Morgan fingerprint density at radius 3 is 0.982 bits per heavy atom. The maximum Gasteiger partial charge on any atom is 0.133 e.